The van der Waals surface area contributed by atoms with E-state index in [0.29, 0.717) is 25.4 Å². The van der Waals surface area contributed by atoms with E-state index in [-0.39, 0.29) is 24.1 Å². The van der Waals surface area contributed by atoms with E-state index in [0.717, 1.165) is 5.56 Å². The molecular formula is C19H19FN2O3. The number of carbonyl (C=O) groups excluding carboxylic acids is 2. The van der Waals surface area contributed by atoms with Crippen LogP contribution in [0.4, 0.5) is 10.1 Å². The Morgan fingerprint density at radius 1 is 1.16 bits per heavy atom. The summed E-state index contributed by atoms with van der Waals surface area (Å²) in [6.07, 6.45) is -0.862. The Morgan fingerprint density at radius 3 is 2.60 bits per heavy atom. The molecule has 1 aliphatic rings. The number of nitrogens with zero attached hydrogens (tertiary/aromatic N) is 1. The van der Waals surface area contributed by atoms with Crippen LogP contribution in [-0.2, 0) is 20.9 Å². The molecule has 6 heteroatoms. The smallest absolute Gasteiger partial charge is 0.252 e. The Morgan fingerprint density at radius 2 is 1.88 bits per heavy atom. The van der Waals surface area contributed by atoms with Gasteiger partial charge in [0.1, 0.15) is 11.9 Å². The second-order valence-corrected chi connectivity index (χ2v) is 5.86. The van der Waals surface area contributed by atoms with Crippen molar-refractivity contribution in [1.82, 2.24) is 4.90 Å². The molecule has 0 aliphatic carbocycles. The van der Waals surface area contributed by atoms with Crippen molar-refractivity contribution in [1.29, 1.82) is 0 Å². The summed E-state index contributed by atoms with van der Waals surface area (Å²) in [6.45, 7) is 1.40. The molecule has 5 nitrogen and oxygen atoms in total. The lowest BCUT2D eigenvalue weighted by atomic mass is 10.1. The van der Waals surface area contributed by atoms with Crippen LogP contribution in [0.1, 0.15) is 12.0 Å². The average molecular weight is 342 g/mol. The number of benzene rings is 2. The molecule has 130 valence electrons. The van der Waals surface area contributed by atoms with E-state index in [4.69, 9.17) is 4.74 Å². The lowest BCUT2D eigenvalue weighted by Gasteiger charge is -2.32. The molecule has 1 fully saturated rings. The summed E-state index contributed by atoms with van der Waals surface area (Å²) in [5.74, 6) is -0.906. The Hall–Kier alpha value is -2.73. The van der Waals surface area contributed by atoms with Gasteiger partial charge in [-0.05, 0) is 29.8 Å². The lowest BCUT2D eigenvalue weighted by molar-refractivity contribution is -0.155. The van der Waals surface area contributed by atoms with Crippen molar-refractivity contribution in [2.45, 2.75) is 19.1 Å². The van der Waals surface area contributed by atoms with E-state index in [1.807, 2.05) is 30.3 Å². The maximum absolute atomic E-state index is 12.9. The van der Waals surface area contributed by atoms with Crippen molar-refractivity contribution in [2.75, 3.05) is 18.5 Å². The van der Waals surface area contributed by atoms with Crippen LogP contribution < -0.4 is 5.32 Å². The molecule has 1 aliphatic heterocycles. The zero-order valence-electron chi connectivity index (χ0n) is 13.7. The standard InChI is InChI=1S/C19H19FN2O3/c20-15-6-8-16(9-7-15)21-18(23)12-17-19(24)22(10-11-25-17)13-14-4-2-1-3-5-14/h1-9,17H,10-13H2,(H,21,23)/t17-/m0/s1. The normalized spacial score (nSPS) is 17.4. The van der Waals surface area contributed by atoms with Crippen molar-refractivity contribution in [3.63, 3.8) is 0 Å². The van der Waals surface area contributed by atoms with E-state index in [1.165, 1.54) is 24.3 Å². The van der Waals surface area contributed by atoms with Crippen LogP contribution in [-0.4, -0.2) is 36.0 Å². The maximum atomic E-state index is 12.9. The molecule has 3 rings (SSSR count). The van der Waals surface area contributed by atoms with Crippen molar-refractivity contribution < 1.29 is 18.7 Å². The number of rotatable bonds is 5. The third-order valence-corrected chi connectivity index (χ3v) is 3.98. The van der Waals surface area contributed by atoms with Gasteiger partial charge in [-0.2, -0.15) is 0 Å². The van der Waals surface area contributed by atoms with E-state index in [1.54, 1.807) is 4.90 Å². The first kappa shape index (κ1) is 17.1. The van der Waals surface area contributed by atoms with Gasteiger partial charge in [0.05, 0.1) is 13.0 Å². The minimum Gasteiger partial charge on any atom is -0.366 e. The summed E-state index contributed by atoms with van der Waals surface area (Å²) in [7, 11) is 0. The molecule has 2 amide bonds. The van der Waals surface area contributed by atoms with Crippen LogP contribution in [0.25, 0.3) is 0 Å². The van der Waals surface area contributed by atoms with Gasteiger partial charge in [0.2, 0.25) is 5.91 Å². The number of halogens is 1. The number of carbonyl (C=O) groups is 2. The fourth-order valence-corrected chi connectivity index (χ4v) is 2.71. The number of hydrogen-bond donors (Lipinski definition) is 1. The summed E-state index contributed by atoms with van der Waals surface area (Å²) < 4.78 is 18.4. The Balaban J connectivity index is 1.57. The highest BCUT2D eigenvalue weighted by Gasteiger charge is 2.31. The summed E-state index contributed by atoms with van der Waals surface area (Å²) >= 11 is 0. The molecule has 1 heterocycles. The number of ether oxygens (including phenoxy) is 1. The number of anilines is 1. The zero-order chi connectivity index (χ0) is 17.6. The molecule has 0 unspecified atom stereocenters. The van der Waals surface area contributed by atoms with Crippen LogP contribution in [0, 0.1) is 5.82 Å². The van der Waals surface area contributed by atoms with E-state index in [9.17, 15) is 14.0 Å². The zero-order valence-corrected chi connectivity index (χ0v) is 13.7. The molecule has 0 radical (unpaired) electrons. The molecular weight excluding hydrogens is 323 g/mol. The van der Waals surface area contributed by atoms with E-state index < -0.39 is 6.10 Å². The molecule has 2 aromatic carbocycles. The molecule has 1 saturated heterocycles. The first-order valence-corrected chi connectivity index (χ1v) is 8.11. The summed E-state index contributed by atoms with van der Waals surface area (Å²) in [6, 6.07) is 15.2. The number of amides is 2. The van der Waals surface area contributed by atoms with Crippen LogP contribution in [0.3, 0.4) is 0 Å². The number of hydrogen-bond acceptors (Lipinski definition) is 3. The Kier molecular flexibility index (Phi) is 5.40. The minimum atomic E-state index is -0.794. The highest BCUT2D eigenvalue weighted by Crippen LogP contribution is 2.16. The first-order chi connectivity index (χ1) is 12.1. The van der Waals surface area contributed by atoms with Gasteiger partial charge in [-0.15, -0.1) is 0 Å². The van der Waals surface area contributed by atoms with Crippen molar-refractivity contribution >= 4 is 17.5 Å². The number of nitrogens with one attached hydrogen (secondary N) is 1. The molecule has 0 saturated carbocycles. The summed E-state index contributed by atoms with van der Waals surface area (Å²) in [4.78, 5) is 26.4. The average Bonchev–Trinajstić information content (AvgIpc) is 2.61. The van der Waals surface area contributed by atoms with E-state index in [2.05, 4.69) is 5.32 Å². The predicted molar refractivity (Wildman–Crippen MR) is 91.2 cm³/mol. The van der Waals surface area contributed by atoms with Gasteiger partial charge in [0.25, 0.3) is 5.91 Å². The summed E-state index contributed by atoms with van der Waals surface area (Å²) in [5.41, 5.74) is 1.52. The van der Waals surface area contributed by atoms with Crippen LogP contribution in [0.2, 0.25) is 0 Å². The highest BCUT2D eigenvalue weighted by atomic mass is 19.1. The van der Waals surface area contributed by atoms with Gasteiger partial charge in [-0.3, -0.25) is 9.59 Å². The largest absolute Gasteiger partial charge is 0.366 e. The van der Waals surface area contributed by atoms with Crippen LogP contribution in [0.5, 0.6) is 0 Å². The third kappa shape index (κ3) is 4.64. The van der Waals surface area contributed by atoms with Crippen molar-refractivity contribution in [2.24, 2.45) is 0 Å². The third-order valence-electron chi connectivity index (χ3n) is 3.98. The van der Waals surface area contributed by atoms with Gasteiger partial charge < -0.3 is 15.0 Å². The lowest BCUT2D eigenvalue weighted by Crippen LogP contribution is -2.48. The van der Waals surface area contributed by atoms with Gasteiger partial charge >= 0.3 is 0 Å². The fourth-order valence-electron chi connectivity index (χ4n) is 2.71. The monoisotopic (exact) mass is 342 g/mol. The van der Waals surface area contributed by atoms with Crippen molar-refractivity contribution in [3.05, 3.63) is 66.0 Å². The quantitative estimate of drug-likeness (QED) is 0.909. The van der Waals surface area contributed by atoms with Crippen molar-refractivity contribution in [3.8, 4) is 0 Å². The summed E-state index contributed by atoms with van der Waals surface area (Å²) in [5, 5.41) is 2.65. The molecule has 0 bridgehead atoms. The fraction of sp³-hybridized carbons (Fsp3) is 0.263. The molecule has 1 N–H and O–H groups in total. The van der Waals surface area contributed by atoms with Gasteiger partial charge in [0.15, 0.2) is 0 Å². The molecule has 1 atom stereocenters. The second kappa shape index (κ2) is 7.90. The Labute approximate surface area is 145 Å². The molecule has 0 aromatic heterocycles. The number of morpholine rings is 1. The molecule has 2 aromatic rings. The predicted octanol–water partition coefficient (Wildman–Crippen LogP) is 2.58. The van der Waals surface area contributed by atoms with Gasteiger partial charge in [-0.1, -0.05) is 30.3 Å². The highest BCUT2D eigenvalue weighted by molar-refractivity contribution is 5.95. The maximum Gasteiger partial charge on any atom is 0.252 e. The topological polar surface area (TPSA) is 58.6 Å². The Bertz CT molecular complexity index is 734. The van der Waals surface area contributed by atoms with Crippen LogP contribution in [0.15, 0.2) is 54.6 Å². The van der Waals surface area contributed by atoms with E-state index >= 15 is 0 Å². The second-order valence-electron chi connectivity index (χ2n) is 5.86. The SMILES string of the molecule is O=C(C[C@@H]1OCCN(Cc2ccccc2)C1=O)Nc1ccc(F)cc1. The van der Waals surface area contributed by atoms with Gasteiger partial charge in [0, 0.05) is 18.8 Å². The molecule has 0 spiro atoms. The van der Waals surface area contributed by atoms with Crippen LogP contribution >= 0.6 is 0 Å². The first-order valence-electron chi connectivity index (χ1n) is 8.11. The minimum absolute atomic E-state index is 0.0680. The van der Waals surface area contributed by atoms with Gasteiger partial charge in [-0.25, -0.2) is 4.39 Å². The molecule has 25 heavy (non-hydrogen) atoms.